The summed E-state index contributed by atoms with van der Waals surface area (Å²) in [5, 5.41) is 12.6. The molecule has 17 heavy (non-hydrogen) atoms. The Labute approximate surface area is 101 Å². The monoisotopic (exact) mass is 240 g/mol. The van der Waals surface area contributed by atoms with Crippen LogP contribution in [0.2, 0.25) is 0 Å². The van der Waals surface area contributed by atoms with E-state index in [0.29, 0.717) is 0 Å². The van der Waals surface area contributed by atoms with Gasteiger partial charge in [-0.1, -0.05) is 6.92 Å². The zero-order valence-corrected chi connectivity index (χ0v) is 10.5. The smallest absolute Gasteiger partial charge is 0.274 e. The average Bonchev–Trinajstić information content (AvgIpc) is 2.71. The molecule has 0 spiro atoms. The molecule has 96 valence electrons. The second-order valence-corrected chi connectivity index (χ2v) is 4.40. The molecule has 1 aromatic rings. The van der Waals surface area contributed by atoms with Crippen LogP contribution in [0.3, 0.4) is 0 Å². The van der Waals surface area contributed by atoms with Crippen molar-refractivity contribution in [3.8, 4) is 5.88 Å². The van der Waals surface area contributed by atoms with Gasteiger partial charge in [-0.25, -0.2) is 5.26 Å². The van der Waals surface area contributed by atoms with Crippen molar-refractivity contribution in [2.75, 3.05) is 32.7 Å². The lowest BCUT2D eigenvalue weighted by Crippen LogP contribution is -2.45. The third kappa shape index (κ3) is 2.96. The van der Waals surface area contributed by atoms with Crippen molar-refractivity contribution in [2.45, 2.75) is 13.5 Å². The molecule has 6 nitrogen and oxygen atoms in total. The number of nitrogens with zero attached hydrogens (tertiary/aromatic N) is 4. The Kier molecular flexibility index (Phi) is 3.98. The van der Waals surface area contributed by atoms with E-state index in [2.05, 4.69) is 26.7 Å². The van der Waals surface area contributed by atoms with Gasteiger partial charge in [-0.2, -0.15) is 0 Å². The Morgan fingerprint density at radius 2 is 1.94 bits per heavy atom. The molecule has 1 aliphatic rings. The van der Waals surface area contributed by atoms with Crippen molar-refractivity contribution in [1.29, 1.82) is 0 Å². The standard InChI is InChI=1S/C11H20N4O2/c1-3-14-4-6-15(7-5-14)9-10-8-11(17-16)12-13(10)2/h8,16H,3-7,9H2,1-2H3. The maximum Gasteiger partial charge on any atom is 0.274 e. The van der Waals surface area contributed by atoms with E-state index >= 15 is 0 Å². The van der Waals surface area contributed by atoms with E-state index in [1.807, 2.05) is 7.05 Å². The summed E-state index contributed by atoms with van der Waals surface area (Å²) in [6.45, 7) is 8.58. The minimum atomic E-state index is 0.259. The molecule has 0 bridgehead atoms. The van der Waals surface area contributed by atoms with Gasteiger partial charge >= 0.3 is 0 Å². The number of hydrogen-bond acceptors (Lipinski definition) is 5. The van der Waals surface area contributed by atoms with Gasteiger partial charge in [0, 0.05) is 45.8 Å². The zero-order valence-electron chi connectivity index (χ0n) is 10.5. The molecule has 0 radical (unpaired) electrons. The van der Waals surface area contributed by atoms with Crippen LogP contribution in [0.5, 0.6) is 5.88 Å². The maximum absolute atomic E-state index is 8.55. The number of hydrogen-bond donors (Lipinski definition) is 1. The predicted molar refractivity (Wildman–Crippen MR) is 63.9 cm³/mol. The topological polar surface area (TPSA) is 53.8 Å². The minimum absolute atomic E-state index is 0.259. The largest absolute Gasteiger partial charge is 0.318 e. The van der Waals surface area contributed by atoms with E-state index < -0.39 is 0 Å². The van der Waals surface area contributed by atoms with Crippen molar-refractivity contribution in [1.82, 2.24) is 19.6 Å². The molecule has 1 N–H and O–H groups in total. The van der Waals surface area contributed by atoms with Crippen LogP contribution >= 0.6 is 0 Å². The van der Waals surface area contributed by atoms with Gasteiger partial charge < -0.3 is 9.79 Å². The highest BCUT2D eigenvalue weighted by Crippen LogP contribution is 2.13. The molecular formula is C11H20N4O2. The quantitative estimate of drug-likeness (QED) is 0.610. The number of piperazine rings is 1. The molecule has 2 rings (SSSR count). The highest BCUT2D eigenvalue weighted by Gasteiger charge is 2.17. The van der Waals surface area contributed by atoms with Gasteiger partial charge in [-0.3, -0.25) is 9.58 Å². The van der Waals surface area contributed by atoms with Crippen LogP contribution in [-0.2, 0) is 13.6 Å². The van der Waals surface area contributed by atoms with Crippen molar-refractivity contribution >= 4 is 0 Å². The van der Waals surface area contributed by atoms with E-state index in [9.17, 15) is 0 Å². The summed E-state index contributed by atoms with van der Waals surface area (Å²) >= 11 is 0. The summed E-state index contributed by atoms with van der Waals surface area (Å²) in [6.07, 6.45) is 0. The molecular weight excluding hydrogens is 220 g/mol. The number of aryl methyl sites for hydroxylation is 1. The van der Waals surface area contributed by atoms with Crippen LogP contribution in [0.15, 0.2) is 6.07 Å². The summed E-state index contributed by atoms with van der Waals surface area (Å²) in [5.41, 5.74) is 1.05. The van der Waals surface area contributed by atoms with E-state index in [-0.39, 0.29) is 5.88 Å². The highest BCUT2D eigenvalue weighted by molar-refractivity contribution is 5.14. The summed E-state index contributed by atoms with van der Waals surface area (Å²) in [7, 11) is 1.86. The molecule has 6 heteroatoms. The number of likely N-dealkylation sites (N-methyl/N-ethyl adjacent to an activating group) is 1. The lowest BCUT2D eigenvalue weighted by molar-refractivity contribution is -0.142. The Morgan fingerprint density at radius 1 is 1.29 bits per heavy atom. The van der Waals surface area contributed by atoms with Gasteiger partial charge in [-0.15, -0.1) is 5.10 Å². The Balaban J connectivity index is 1.90. The van der Waals surface area contributed by atoms with E-state index in [1.165, 1.54) is 0 Å². The normalized spacial score (nSPS) is 18.5. The molecule has 0 saturated carbocycles. The van der Waals surface area contributed by atoms with Crippen LogP contribution in [-0.4, -0.2) is 57.6 Å². The summed E-state index contributed by atoms with van der Waals surface area (Å²) < 4.78 is 1.75. The van der Waals surface area contributed by atoms with Crippen molar-refractivity contribution in [3.63, 3.8) is 0 Å². The van der Waals surface area contributed by atoms with Crippen LogP contribution in [0.1, 0.15) is 12.6 Å². The Morgan fingerprint density at radius 3 is 2.47 bits per heavy atom. The van der Waals surface area contributed by atoms with Crippen molar-refractivity contribution in [2.24, 2.45) is 7.05 Å². The van der Waals surface area contributed by atoms with E-state index in [1.54, 1.807) is 10.7 Å². The fraction of sp³-hybridized carbons (Fsp3) is 0.727. The molecule has 0 unspecified atom stereocenters. The van der Waals surface area contributed by atoms with Gasteiger partial charge in [0.25, 0.3) is 5.88 Å². The molecule has 1 aliphatic heterocycles. The van der Waals surface area contributed by atoms with Crippen molar-refractivity contribution in [3.05, 3.63) is 11.8 Å². The average molecular weight is 240 g/mol. The molecule has 2 heterocycles. The molecule has 0 amide bonds. The lowest BCUT2D eigenvalue weighted by atomic mass is 10.3. The Hall–Kier alpha value is -1.11. The van der Waals surface area contributed by atoms with Crippen LogP contribution in [0.4, 0.5) is 0 Å². The maximum atomic E-state index is 8.55. The highest BCUT2D eigenvalue weighted by atomic mass is 17.1. The molecule has 0 atom stereocenters. The Bertz CT molecular complexity index is 358. The lowest BCUT2D eigenvalue weighted by Gasteiger charge is -2.33. The molecule has 0 aromatic carbocycles. The molecule has 1 saturated heterocycles. The summed E-state index contributed by atoms with van der Waals surface area (Å²) in [4.78, 5) is 8.98. The fourth-order valence-electron chi connectivity index (χ4n) is 2.16. The van der Waals surface area contributed by atoms with Gasteiger partial charge in [0.05, 0.1) is 5.69 Å². The molecule has 1 aromatic heterocycles. The summed E-state index contributed by atoms with van der Waals surface area (Å²) in [5.74, 6) is 0.259. The van der Waals surface area contributed by atoms with Gasteiger partial charge in [0.15, 0.2) is 0 Å². The predicted octanol–water partition coefficient (Wildman–Crippen LogP) is 0.409. The van der Waals surface area contributed by atoms with E-state index in [4.69, 9.17) is 5.26 Å². The zero-order chi connectivity index (χ0) is 12.3. The minimum Gasteiger partial charge on any atom is -0.318 e. The second kappa shape index (κ2) is 5.48. The van der Waals surface area contributed by atoms with Crippen LogP contribution in [0.25, 0.3) is 0 Å². The van der Waals surface area contributed by atoms with Crippen LogP contribution in [0, 0.1) is 0 Å². The SMILES string of the molecule is CCN1CCN(Cc2cc(OO)nn2C)CC1. The molecule has 0 aliphatic carbocycles. The van der Waals surface area contributed by atoms with E-state index in [0.717, 1.165) is 45.0 Å². The third-order valence-corrected chi connectivity index (χ3v) is 3.35. The van der Waals surface area contributed by atoms with Gasteiger partial charge in [0.1, 0.15) is 0 Å². The summed E-state index contributed by atoms with van der Waals surface area (Å²) in [6, 6.07) is 1.77. The van der Waals surface area contributed by atoms with Gasteiger partial charge in [-0.05, 0) is 6.54 Å². The second-order valence-electron chi connectivity index (χ2n) is 4.40. The fourth-order valence-corrected chi connectivity index (χ4v) is 2.16. The molecule has 1 fully saturated rings. The first-order valence-corrected chi connectivity index (χ1v) is 6.02. The van der Waals surface area contributed by atoms with Crippen molar-refractivity contribution < 1.29 is 10.1 Å². The first-order valence-electron chi connectivity index (χ1n) is 6.02. The first-order chi connectivity index (χ1) is 8.22. The number of aromatic nitrogens is 2. The third-order valence-electron chi connectivity index (χ3n) is 3.35. The number of rotatable bonds is 4. The van der Waals surface area contributed by atoms with Crippen LogP contribution < -0.4 is 4.89 Å². The first kappa shape index (κ1) is 12.3. The van der Waals surface area contributed by atoms with Gasteiger partial charge in [0.2, 0.25) is 0 Å².